The minimum Gasteiger partial charge on any atom is -0.461 e. The molecule has 2 aromatic carbocycles. The number of rotatable bonds is 5. The molecule has 1 N–H and O–H groups in total. The fraction of sp³-hybridized carbons (Fsp3) is 0.143. The normalized spacial score (nSPS) is 16.3. The summed E-state index contributed by atoms with van der Waals surface area (Å²) in [5, 5.41) is 0. The van der Waals surface area contributed by atoms with E-state index in [1.54, 1.807) is 30.5 Å². The van der Waals surface area contributed by atoms with Gasteiger partial charge >= 0.3 is 0 Å². The van der Waals surface area contributed by atoms with Crippen molar-refractivity contribution in [3.8, 4) is 11.4 Å². The number of amides is 2. The number of aryl methyl sites for hydroxylation is 2. The Morgan fingerprint density at radius 1 is 0.917 bits per heavy atom. The van der Waals surface area contributed by atoms with Gasteiger partial charge in [-0.05, 0) is 43.7 Å². The van der Waals surface area contributed by atoms with Crippen LogP contribution in [0.4, 0.5) is 0 Å². The molecule has 0 fully saturated rings. The Hall–Kier alpha value is -4.72. The van der Waals surface area contributed by atoms with Crippen LogP contribution < -0.4 is 0 Å². The molecule has 2 aliphatic rings. The molecule has 1 atom stereocenters. The molecule has 0 aliphatic carbocycles. The van der Waals surface area contributed by atoms with Crippen LogP contribution in [0.15, 0.2) is 84.9 Å². The lowest BCUT2D eigenvalue weighted by atomic mass is 9.84. The number of aromatic amines is 1. The first-order chi connectivity index (χ1) is 17.5. The average Bonchev–Trinajstić information content (AvgIpc) is 3.65. The maximum absolute atomic E-state index is 13.9. The maximum atomic E-state index is 13.9. The molecule has 0 saturated heterocycles. The van der Waals surface area contributed by atoms with Crippen LogP contribution in [0.1, 0.15) is 43.4 Å². The number of carbonyl (C=O) groups excluding carboxylic acids is 2. The van der Waals surface area contributed by atoms with Gasteiger partial charge in [-0.3, -0.25) is 14.6 Å². The molecule has 0 spiro atoms. The summed E-state index contributed by atoms with van der Waals surface area (Å²) in [5.74, 6) is -0.284. The summed E-state index contributed by atoms with van der Waals surface area (Å²) in [6, 6.07) is 20.1. The highest BCUT2D eigenvalue weighted by Crippen LogP contribution is 2.47. The van der Waals surface area contributed by atoms with Crippen LogP contribution in [0, 0.1) is 13.8 Å². The fourth-order valence-electron chi connectivity index (χ4n) is 4.79. The SMILES string of the molecule is Cc1ccc(C(C2=COCO2)(c2ncc(-c3cccc(C)n3)[nH]2)N2C(=O)c3ccccc3C2=O)cc1. The standard InChI is InChI=1S/C28H22N4O4/c1-17-10-12-19(13-11-17)28(24-15-35-16-36-24,32-25(33)20-7-3-4-8-21(20)26(32)34)27-29-14-23(31-27)22-9-5-6-18(2)30-22/h3-15H,16H2,1-2H3,(H,29,31). The first-order valence-electron chi connectivity index (χ1n) is 11.5. The predicted molar refractivity (Wildman–Crippen MR) is 131 cm³/mol. The van der Waals surface area contributed by atoms with Gasteiger partial charge in [0.05, 0.1) is 28.7 Å². The van der Waals surface area contributed by atoms with Gasteiger partial charge in [-0.2, -0.15) is 0 Å². The minimum absolute atomic E-state index is 0.0425. The van der Waals surface area contributed by atoms with Gasteiger partial charge < -0.3 is 14.5 Å². The molecular weight excluding hydrogens is 456 g/mol. The van der Waals surface area contributed by atoms with Gasteiger partial charge in [-0.25, -0.2) is 9.88 Å². The zero-order valence-corrected chi connectivity index (χ0v) is 19.7. The number of nitrogens with one attached hydrogen (secondary N) is 1. The molecule has 2 aliphatic heterocycles. The summed E-state index contributed by atoms with van der Waals surface area (Å²) in [4.78, 5) is 41.6. The summed E-state index contributed by atoms with van der Waals surface area (Å²) in [6.45, 7) is 3.83. The number of pyridine rings is 1. The number of aromatic nitrogens is 3. The lowest BCUT2D eigenvalue weighted by molar-refractivity contribution is 0.0287. The quantitative estimate of drug-likeness (QED) is 0.425. The van der Waals surface area contributed by atoms with Gasteiger partial charge in [0.25, 0.3) is 11.8 Å². The highest BCUT2D eigenvalue weighted by molar-refractivity contribution is 6.22. The van der Waals surface area contributed by atoms with Gasteiger partial charge in [0.15, 0.2) is 11.3 Å². The van der Waals surface area contributed by atoms with E-state index in [2.05, 4.69) is 9.97 Å². The highest BCUT2D eigenvalue weighted by Gasteiger charge is 2.57. The smallest absolute Gasteiger partial charge is 0.263 e. The molecular formula is C28H22N4O4. The summed E-state index contributed by atoms with van der Waals surface area (Å²) in [7, 11) is 0. The minimum atomic E-state index is -1.54. The number of ether oxygens (including phenoxy) is 2. The average molecular weight is 479 g/mol. The molecule has 4 heterocycles. The van der Waals surface area contributed by atoms with Crippen molar-refractivity contribution in [1.29, 1.82) is 0 Å². The summed E-state index contributed by atoms with van der Waals surface area (Å²) < 4.78 is 11.4. The number of nitrogens with zero attached hydrogens (tertiary/aromatic N) is 3. The lowest BCUT2D eigenvalue weighted by Gasteiger charge is -2.38. The summed E-state index contributed by atoms with van der Waals surface area (Å²) in [6.07, 6.45) is 3.09. The second-order valence-electron chi connectivity index (χ2n) is 8.79. The Morgan fingerprint density at radius 2 is 1.64 bits per heavy atom. The number of H-pyrrole nitrogens is 1. The van der Waals surface area contributed by atoms with Crippen LogP contribution in [-0.4, -0.2) is 38.5 Å². The molecule has 2 amide bonds. The van der Waals surface area contributed by atoms with Crippen molar-refractivity contribution >= 4 is 11.8 Å². The fourth-order valence-corrected chi connectivity index (χ4v) is 4.79. The Kier molecular flexibility index (Phi) is 4.96. The molecule has 36 heavy (non-hydrogen) atoms. The molecule has 178 valence electrons. The third-order valence-corrected chi connectivity index (χ3v) is 6.51. The molecule has 8 nitrogen and oxygen atoms in total. The molecule has 1 unspecified atom stereocenters. The van der Waals surface area contributed by atoms with Crippen molar-refractivity contribution in [2.75, 3.05) is 6.79 Å². The monoisotopic (exact) mass is 478 g/mol. The van der Waals surface area contributed by atoms with E-state index in [-0.39, 0.29) is 12.6 Å². The number of imide groups is 1. The van der Waals surface area contributed by atoms with Crippen LogP contribution in [-0.2, 0) is 15.0 Å². The first-order valence-corrected chi connectivity index (χ1v) is 11.5. The Balaban J connectivity index is 1.63. The number of fused-ring (bicyclic) bond motifs is 1. The largest absolute Gasteiger partial charge is 0.461 e. The third-order valence-electron chi connectivity index (χ3n) is 6.51. The molecule has 8 heteroatoms. The van der Waals surface area contributed by atoms with E-state index in [0.29, 0.717) is 33.9 Å². The van der Waals surface area contributed by atoms with Gasteiger partial charge in [-0.1, -0.05) is 48.0 Å². The van der Waals surface area contributed by atoms with Crippen molar-refractivity contribution in [1.82, 2.24) is 19.9 Å². The second-order valence-corrected chi connectivity index (χ2v) is 8.79. The maximum Gasteiger partial charge on any atom is 0.263 e. The van der Waals surface area contributed by atoms with E-state index in [4.69, 9.17) is 14.5 Å². The Labute approximate surface area is 207 Å². The van der Waals surface area contributed by atoms with E-state index in [0.717, 1.165) is 11.3 Å². The number of carbonyl (C=O) groups is 2. The van der Waals surface area contributed by atoms with Gasteiger partial charge in [0, 0.05) is 5.69 Å². The van der Waals surface area contributed by atoms with E-state index < -0.39 is 17.4 Å². The third kappa shape index (κ3) is 3.15. The van der Waals surface area contributed by atoms with E-state index in [1.807, 2.05) is 56.3 Å². The van der Waals surface area contributed by atoms with Gasteiger partial charge in [0.1, 0.15) is 12.1 Å². The van der Waals surface area contributed by atoms with Crippen LogP contribution in [0.3, 0.4) is 0 Å². The van der Waals surface area contributed by atoms with Crippen LogP contribution in [0.2, 0.25) is 0 Å². The zero-order chi connectivity index (χ0) is 24.9. The molecule has 0 bridgehead atoms. The van der Waals surface area contributed by atoms with E-state index >= 15 is 0 Å². The van der Waals surface area contributed by atoms with Crippen LogP contribution in [0.25, 0.3) is 11.4 Å². The second kappa shape index (κ2) is 8.20. The first kappa shape index (κ1) is 21.8. The molecule has 0 saturated carbocycles. The van der Waals surface area contributed by atoms with Gasteiger partial charge in [0.2, 0.25) is 6.79 Å². The van der Waals surface area contributed by atoms with Gasteiger partial charge in [-0.15, -0.1) is 0 Å². The van der Waals surface area contributed by atoms with Crippen LogP contribution in [0.5, 0.6) is 0 Å². The zero-order valence-electron chi connectivity index (χ0n) is 19.7. The van der Waals surface area contributed by atoms with Crippen molar-refractivity contribution in [2.24, 2.45) is 0 Å². The molecule has 2 aromatic heterocycles. The van der Waals surface area contributed by atoms with Crippen molar-refractivity contribution in [2.45, 2.75) is 19.4 Å². The molecule has 6 rings (SSSR count). The lowest BCUT2D eigenvalue weighted by Crippen LogP contribution is -2.52. The van der Waals surface area contributed by atoms with E-state index in [9.17, 15) is 9.59 Å². The van der Waals surface area contributed by atoms with E-state index in [1.165, 1.54) is 11.2 Å². The molecule has 0 radical (unpaired) electrons. The Bertz CT molecular complexity index is 1500. The van der Waals surface area contributed by atoms with Crippen LogP contribution >= 0.6 is 0 Å². The number of hydrogen-bond acceptors (Lipinski definition) is 6. The van der Waals surface area contributed by atoms with Crippen molar-refractivity contribution in [3.63, 3.8) is 0 Å². The number of benzene rings is 2. The summed E-state index contributed by atoms with van der Waals surface area (Å²) >= 11 is 0. The summed E-state index contributed by atoms with van der Waals surface area (Å²) in [5.41, 5.74) is 2.93. The highest BCUT2D eigenvalue weighted by atomic mass is 16.7. The topological polar surface area (TPSA) is 97.4 Å². The Morgan fingerprint density at radius 3 is 2.28 bits per heavy atom. The van der Waals surface area contributed by atoms with Crippen molar-refractivity contribution < 1.29 is 19.1 Å². The number of imidazole rings is 1. The van der Waals surface area contributed by atoms with Crippen molar-refractivity contribution in [3.05, 3.63) is 119 Å². The predicted octanol–water partition coefficient (Wildman–Crippen LogP) is 4.47. The number of hydrogen-bond donors (Lipinski definition) is 1. The molecule has 4 aromatic rings.